The zero-order valence-electron chi connectivity index (χ0n) is 10.7. The summed E-state index contributed by atoms with van der Waals surface area (Å²) >= 11 is 0. The Bertz CT molecular complexity index is 665. The van der Waals surface area contributed by atoms with Crippen LogP contribution in [0.1, 0.15) is 16.4 Å². The van der Waals surface area contributed by atoms with E-state index in [0.717, 1.165) is 0 Å². The van der Waals surface area contributed by atoms with Gasteiger partial charge in [0.05, 0.1) is 23.9 Å². The third-order valence-corrected chi connectivity index (χ3v) is 2.46. The number of ether oxygens (including phenoxy) is 1. The van der Waals surface area contributed by atoms with Gasteiger partial charge in [-0.3, -0.25) is 14.9 Å². The van der Waals surface area contributed by atoms with Gasteiger partial charge in [-0.05, 0) is 13.0 Å². The molecular weight excluding hydrogens is 266 g/mol. The predicted molar refractivity (Wildman–Crippen MR) is 68.8 cm³/mol. The van der Waals surface area contributed by atoms with E-state index in [-0.39, 0.29) is 17.3 Å². The van der Waals surface area contributed by atoms with E-state index in [0.29, 0.717) is 11.5 Å². The molecule has 2 aromatic rings. The first kappa shape index (κ1) is 13.5. The molecule has 20 heavy (non-hydrogen) atoms. The van der Waals surface area contributed by atoms with E-state index >= 15 is 0 Å². The minimum Gasteiger partial charge on any atom is -0.495 e. The molecule has 0 bridgehead atoms. The highest BCUT2D eigenvalue weighted by molar-refractivity contribution is 6.02. The number of amides is 1. The van der Waals surface area contributed by atoms with Crippen molar-refractivity contribution in [3.05, 3.63) is 46.2 Å². The molecule has 1 amide bonds. The number of carbonyl (C=O) groups is 1. The number of aromatic nitrogens is 1. The summed E-state index contributed by atoms with van der Waals surface area (Å²) in [5.41, 5.74) is 0.00670. The third-order valence-electron chi connectivity index (χ3n) is 2.46. The largest absolute Gasteiger partial charge is 0.495 e. The lowest BCUT2D eigenvalue weighted by Crippen LogP contribution is -2.13. The molecule has 8 nitrogen and oxygen atoms in total. The van der Waals surface area contributed by atoms with Crippen molar-refractivity contribution in [2.24, 2.45) is 0 Å². The number of nitrogens with zero attached hydrogens (tertiary/aromatic N) is 2. The average Bonchev–Trinajstić information content (AvgIpc) is 2.85. The fraction of sp³-hybridized carbons (Fsp3) is 0.167. The summed E-state index contributed by atoms with van der Waals surface area (Å²) in [7, 11) is 1.39. The number of carbonyl (C=O) groups excluding carboxylic acids is 1. The lowest BCUT2D eigenvalue weighted by atomic mass is 10.2. The van der Waals surface area contributed by atoms with Crippen molar-refractivity contribution in [1.82, 2.24) is 4.98 Å². The minimum atomic E-state index is -0.614. The Kier molecular flexibility index (Phi) is 3.65. The number of non-ortho nitro benzene ring substituents is 1. The van der Waals surface area contributed by atoms with E-state index in [4.69, 9.17) is 9.15 Å². The summed E-state index contributed by atoms with van der Waals surface area (Å²) in [4.78, 5) is 25.8. The van der Waals surface area contributed by atoms with Crippen LogP contribution in [-0.2, 0) is 0 Å². The molecule has 0 saturated heterocycles. The number of oxazole rings is 1. The van der Waals surface area contributed by atoms with Crippen LogP contribution in [0.3, 0.4) is 0 Å². The maximum atomic E-state index is 11.9. The Morgan fingerprint density at radius 3 is 2.80 bits per heavy atom. The summed E-state index contributed by atoms with van der Waals surface area (Å²) in [6.07, 6.45) is 1.40. The Hall–Kier alpha value is -2.90. The first-order valence-corrected chi connectivity index (χ1v) is 5.57. The van der Waals surface area contributed by atoms with Crippen LogP contribution >= 0.6 is 0 Å². The standard InChI is InChI=1S/C12H11N3O5/c1-7-6-13-12(20-7)11(16)14-9-5-8(15(17)18)3-4-10(9)19-2/h3-6H,1-2H3,(H,14,16). The molecule has 0 spiro atoms. The molecule has 8 heteroatoms. The van der Waals surface area contributed by atoms with Crippen LogP contribution in [0.5, 0.6) is 5.75 Å². The number of hydrogen-bond donors (Lipinski definition) is 1. The first-order chi connectivity index (χ1) is 9.51. The number of nitro groups is 1. The van der Waals surface area contributed by atoms with Crippen molar-refractivity contribution in [1.29, 1.82) is 0 Å². The molecule has 0 atom stereocenters. The third kappa shape index (κ3) is 2.74. The van der Waals surface area contributed by atoms with E-state index in [1.54, 1.807) is 6.92 Å². The zero-order valence-corrected chi connectivity index (χ0v) is 10.7. The number of nitrogens with one attached hydrogen (secondary N) is 1. The van der Waals surface area contributed by atoms with Crippen molar-refractivity contribution in [3.8, 4) is 5.75 Å². The number of benzene rings is 1. The second-order valence-corrected chi connectivity index (χ2v) is 3.87. The van der Waals surface area contributed by atoms with Crippen molar-refractivity contribution in [3.63, 3.8) is 0 Å². The molecule has 1 aromatic heterocycles. The Labute approximate surface area is 113 Å². The molecule has 0 aliphatic carbocycles. The van der Waals surface area contributed by atoms with E-state index in [1.807, 2.05) is 0 Å². The molecule has 0 aliphatic rings. The maximum absolute atomic E-state index is 11.9. The fourth-order valence-electron chi connectivity index (χ4n) is 1.54. The monoisotopic (exact) mass is 277 g/mol. The summed E-state index contributed by atoms with van der Waals surface area (Å²) in [6.45, 7) is 1.65. The van der Waals surface area contributed by atoms with Gasteiger partial charge in [-0.1, -0.05) is 0 Å². The van der Waals surface area contributed by atoms with Gasteiger partial charge in [-0.25, -0.2) is 4.98 Å². The van der Waals surface area contributed by atoms with Gasteiger partial charge in [0.1, 0.15) is 11.5 Å². The number of rotatable bonds is 4. The predicted octanol–water partition coefficient (Wildman–Crippen LogP) is 2.15. The quantitative estimate of drug-likeness (QED) is 0.677. The highest BCUT2D eigenvalue weighted by Crippen LogP contribution is 2.29. The molecule has 0 unspecified atom stereocenters. The number of aryl methyl sites for hydroxylation is 1. The molecule has 0 aliphatic heterocycles. The van der Waals surface area contributed by atoms with Crippen LogP contribution in [0.15, 0.2) is 28.8 Å². The molecule has 1 aromatic carbocycles. The molecule has 104 valence electrons. The summed E-state index contributed by atoms with van der Waals surface area (Å²) in [6, 6.07) is 3.88. The topological polar surface area (TPSA) is 108 Å². The second kappa shape index (κ2) is 5.39. The van der Waals surface area contributed by atoms with Gasteiger partial charge in [-0.2, -0.15) is 0 Å². The Morgan fingerprint density at radius 1 is 1.50 bits per heavy atom. The van der Waals surface area contributed by atoms with Gasteiger partial charge in [0.15, 0.2) is 0 Å². The number of anilines is 1. The number of nitro benzene ring substituents is 1. The van der Waals surface area contributed by atoms with Crippen molar-refractivity contribution in [2.45, 2.75) is 6.92 Å². The van der Waals surface area contributed by atoms with Crippen LogP contribution in [-0.4, -0.2) is 22.9 Å². The minimum absolute atomic E-state index is 0.129. The Balaban J connectivity index is 2.29. The van der Waals surface area contributed by atoms with Gasteiger partial charge < -0.3 is 14.5 Å². The summed E-state index contributed by atoms with van der Waals surface area (Å²) in [5, 5.41) is 13.2. The summed E-state index contributed by atoms with van der Waals surface area (Å²) in [5.74, 6) is 0.0429. The van der Waals surface area contributed by atoms with Crippen molar-refractivity contribution in [2.75, 3.05) is 12.4 Å². The molecule has 1 N–H and O–H groups in total. The average molecular weight is 277 g/mol. The smallest absolute Gasteiger partial charge is 0.311 e. The van der Waals surface area contributed by atoms with Crippen LogP contribution in [0.2, 0.25) is 0 Å². The molecule has 1 heterocycles. The van der Waals surface area contributed by atoms with Gasteiger partial charge in [0, 0.05) is 12.1 Å². The van der Waals surface area contributed by atoms with Gasteiger partial charge in [0.2, 0.25) is 0 Å². The number of hydrogen-bond acceptors (Lipinski definition) is 6. The highest BCUT2D eigenvalue weighted by atomic mass is 16.6. The molecule has 0 fully saturated rings. The van der Waals surface area contributed by atoms with Crippen LogP contribution in [0.25, 0.3) is 0 Å². The highest BCUT2D eigenvalue weighted by Gasteiger charge is 2.17. The molecule has 0 radical (unpaired) electrons. The SMILES string of the molecule is COc1ccc([N+](=O)[O-])cc1NC(=O)c1ncc(C)o1. The lowest BCUT2D eigenvalue weighted by molar-refractivity contribution is -0.384. The fourth-order valence-corrected chi connectivity index (χ4v) is 1.54. The van der Waals surface area contributed by atoms with E-state index in [2.05, 4.69) is 10.3 Å². The van der Waals surface area contributed by atoms with Crippen LogP contribution in [0, 0.1) is 17.0 Å². The maximum Gasteiger partial charge on any atom is 0.311 e. The van der Waals surface area contributed by atoms with E-state index < -0.39 is 10.8 Å². The Morgan fingerprint density at radius 2 is 2.25 bits per heavy atom. The summed E-state index contributed by atoms with van der Waals surface area (Å²) < 4.78 is 10.1. The van der Waals surface area contributed by atoms with Gasteiger partial charge >= 0.3 is 5.91 Å². The second-order valence-electron chi connectivity index (χ2n) is 3.87. The van der Waals surface area contributed by atoms with Crippen molar-refractivity contribution >= 4 is 17.3 Å². The first-order valence-electron chi connectivity index (χ1n) is 5.57. The van der Waals surface area contributed by atoms with Gasteiger partial charge in [-0.15, -0.1) is 0 Å². The number of methoxy groups -OCH3 is 1. The zero-order chi connectivity index (χ0) is 14.7. The normalized spacial score (nSPS) is 10.1. The lowest BCUT2D eigenvalue weighted by Gasteiger charge is -2.08. The van der Waals surface area contributed by atoms with Crippen molar-refractivity contribution < 1.29 is 18.9 Å². The van der Waals surface area contributed by atoms with E-state index in [1.165, 1.54) is 31.5 Å². The van der Waals surface area contributed by atoms with Crippen LogP contribution in [0.4, 0.5) is 11.4 Å². The molecule has 2 rings (SSSR count). The van der Waals surface area contributed by atoms with E-state index in [9.17, 15) is 14.9 Å². The van der Waals surface area contributed by atoms with Crippen LogP contribution < -0.4 is 10.1 Å². The van der Waals surface area contributed by atoms with Gasteiger partial charge in [0.25, 0.3) is 11.6 Å². The molecule has 0 saturated carbocycles. The molecular formula is C12H11N3O5.